The molecule has 1 aliphatic carbocycles. The van der Waals surface area contributed by atoms with Gasteiger partial charge in [-0.25, -0.2) is 0 Å². The van der Waals surface area contributed by atoms with E-state index >= 15 is 0 Å². The van der Waals surface area contributed by atoms with Crippen molar-refractivity contribution in [1.82, 2.24) is 0 Å². The highest BCUT2D eigenvalue weighted by Crippen LogP contribution is 2.33. The molecule has 2 atom stereocenters. The Balaban J connectivity index is 2.88. The number of aliphatic hydroxyl groups excluding tert-OH is 1. The average Bonchev–Trinajstić information content (AvgIpc) is 2.09. The Morgan fingerprint density at radius 2 is 2.23 bits per heavy atom. The van der Waals surface area contributed by atoms with E-state index in [1.54, 1.807) is 0 Å². The smallest absolute Gasteiger partial charge is 0.0758 e. The highest BCUT2D eigenvalue weighted by Gasteiger charge is 2.24. The van der Waals surface area contributed by atoms with Crippen molar-refractivity contribution in [3.05, 3.63) is 36.0 Å². The van der Waals surface area contributed by atoms with Crippen LogP contribution >= 0.6 is 0 Å². The molecule has 0 saturated carbocycles. The molecule has 72 valence electrons. The highest BCUT2D eigenvalue weighted by atomic mass is 16.3. The summed E-state index contributed by atoms with van der Waals surface area (Å²) in [7, 11) is 0. The van der Waals surface area contributed by atoms with Crippen LogP contribution in [0.3, 0.4) is 0 Å². The van der Waals surface area contributed by atoms with Crippen LogP contribution in [0.5, 0.6) is 0 Å². The maximum Gasteiger partial charge on any atom is 0.0758 e. The standard InChI is InChI=1S/C12H18O/c1-5-10-6-11(8(2)3)7-12(13)9(10)4/h5,11-13H,1-2,6-7H2,3-4H3. The number of allylic oxidation sites excluding steroid dienone is 3. The maximum absolute atomic E-state index is 9.75. The van der Waals surface area contributed by atoms with Gasteiger partial charge in [-0.15, -0.1) is 0 Å². The molecule has 1 aliphatic rings. The minimum absolute atomic E-state index is 0.302. The fraction of sp³-hybridized carbons (Fsp3) is 0.500. The van der Waals surface area contributed by atoms with E-state index in [9.17, 15) is 5.11 Å². The molecule has 0 amide bonds. The van der Waals surface area contributed by atoms with E-state index in [0.29, 0.717) is 5.92 Å². The quantitative estimate of drug-likeness (QED) is 0.645. The summed E-state index contributed by atoms with van der Waals surface area (Å²) in [5, 5.41) is 9.75. The van der Waals surface area contributed by atoms with E-state index in [1.165, 1.54) is 5.57 Å². The zero-order valence-corrected chi connectivity index (χ0v) is 8.51. The summed E-state index contributed by atoms with van der Waals surface area (Å²) >= 11 is 0. The minimum atomic E-state index is -0.302. The second-order valence-corrected chi connectivity index (χ2v) is 3.91. The van der Waals surface area contributed by atoms with E-state index in [2.05, 4.69) is 13.2 Å². The number of hydrogen-bond donors (Lipinski definition) is 1. The third-order valence-electron chi connectivity index (χ3n) is 2.92. The molecule has 1 heteroatoms. The molecule has 0 heterocycles. The largest absolute Gasteiger partial charge is 0.389 e. The molecule has 0 aromatic carbocycles. The summed E-state index contributed by atoms with van der Waals surface area (Å²) in [6.45, 7) is 11.7. The van der Waals surface area contributed by atoms with Gasteiger partial charge in [-0.05, 0) is 43.8 Å². The maximum atomic E-state index is 9.75. The van der Waals surface area contributed by atoms with Gasteiger partial charge in [0.05, 0.1) is 6.10 Å². The summed E-state index contributed by atoms with van der Waals surface area (Å²) in [5.74, 6) is 0.423. The van der Waals surface area contributed by atoms with Crippen LogP contribution in [0.2, 0.25) is 0 Å². The van der Waals surface area contributed by atoms with Gasteiger partial charge >= 0.3 is 0 Å². The lowest BCUT2D eigenvalue weighted by Gasteiger charge is -2.28. The van der Waals surface area contributed by atoms with Crippen molar-refractivity contribution in [3.63, 3.8) is 0 Å². The van der Waals surface area contributed by atoms with Crippen molar-refractivity contribution in [3.8, 4) is 0 Å². The number of hydrogen-bond acceptors (Lipinski definition) is 1. The van der Waals surface area contributed by atoms with Crippen molar-refractivity contribution in [1.29, 1.82) is 0 Å². The van der Waals surface area contributed by atoms with E-state index in [4.69, 9.17) is 0 Å². The number of rotatable bonds is 2. The van der Waals surface area contributed by atoms with Crippen LogP contribution in [-0.4, -0.2) is 11.2 Å². The van der Waals surface area contributed by atoms with Crippen LogP contribution in [0.1, 0.15) is 26.7 Å². The topological polar surface area (TPSA) is 20.2 Å². The molecule has 0 aromatic rings. The first-order valence-corrected chi connectivity index (χ1v) is 4.71. The second-order valence-electron chi connectivity index (χ2n) is 3.91. The van der Waals surface area contributed by atoms with Crippen LogP contribution in [0.15, 0.2) is 36.0 Å². The Hall–Kier alpha value is -0.820. The summed E-state index contributed by atoms with van der Waals surface area (Å²) in [4.78, 5) is 0. The highest BCUT2D eigenvalue weighted by molar-refractivity contribution is 5.30. The predicted molar refractivity (Wildman–Crippen MR) is 56.4 cm³/mol. The SMILES string of the molecule is C=CC1=C(C)C(O)CC(C(=C)C)C1. The molecule has 0 saturated heterocycles. The lowest BCUT2D eigenvalue weighted by atomic mass is 9.79. The van der Waals surface area contributed by atoms with Gasteiger partial charge in [-0.2, -0.15) is 0 Å². The Kier molecular flexibility index (Phi) is 3.10. The van der Waals surface area contributed by atoms with Crippen LogP contribution in [0.4, 0.5) is 0 Å². The Labute approximate surface area is 80.5 Å². The lowest BCUT2D eigenvalue weighted by molar-refractivity contribution is 0.172. The summed E-state index contributed by atoms with van der Waals surface area (Å²) < 4.78 is 0. The molecule has 0 aliphatic heterocycles. The Morgan fingerprint density at radius 1 is 1.62 bits per heavy atom. The van der Waals surface area contributed by atoms with E-state index < -0.39 is 0 Å². The Bertz CT molecular complexity index is 260. The molecule has 1 N–H and O–H groups in total. The summed E-state index contributed by atoms with van der Waals surface area (Å²) in [5.41, 5.74) is 3.42. The van der Waals surface area contributed by atoms with Crippen molar-refractivity contribution in [2.45, 2.75) is 32.8 Å². The normalized spacial score (nSPS) is 28.8. The van der Waals surface area contributed by atoms with Gasteiger partial charge in [0.25, 0.3) is 0 Å². The van der Waals surface area contributed by atoms with Gasteiger partial charge in [0.15, 0.2) is 0 Å². The van der Waals surface area contributed by atoms with Gasteiger partial charge in [0, 0.05) is 0 Å². The lowest BCUT2D eigenvalue weighted by Crippen LogP contribution is -2.22. The zero-order valence-electron chi connectivity index (χ0n) is 8.51. The van der Waals surface area contributed by atoms with Gasteiger partial charge in [-0.3, -0.25) is 0 Å². The van der Waals surface area contributed by atoms with Gasteiger partial charge in [0.1, 0.15) is 0 Å². The molecule has 0 fully saturated rings. The molecular formula is C12H18O. The molecule has 2 unspecified atom stereocenters. The van der Waals surface area contributed by atoms with Crippen LogP contribution in [-0.2, 0) is 0 Å². The average molecular weight is 178 g/mol. The first-order chi connectivity index (χ1) is 6.06. The van der Waals surface area contributed by atoms with Gasteiger partial charge in [-0.1, -0.05) is 24.8 Å². The molecule has 0 spiro atoms. The van der Waals surface area contributed by atoms with Crippen molar-refractivity contribution in [2.75, 3.05) is 0 Å². The van der Waals surface area contributed by atoms with Crippen LogP contribution in [0, 0.1) is 5.92 Å². The van der Waals surface area contributed by atoms with Gasteiger partial charge in [0.2, 0.25) is 0 Å². The molecule has 13 heavy (non-hydrogen) atoms. The predicted octanol–water partition coefficient (Wildman–Crippen LogP) is 2.84. The second kappa shape index (κ2) is 3.93. The third-order valence-corrected chi connectivity index (χ3v) is 2.92. The monoisotopic (exact) mass is 178 g/mol. The minimum Gasteiger partial charge on any atom is -0.389 e. The zero-order chi connectivity index (χ0) is 10.0. The van der Waals surface area contributed by atoms with E-state index in [-0.39, 0.29) is 6.10 Å². The van der Waals surface area contributed by atoms with E-state index in [0.717, 1.165) is 24.0 Å². The first kappa shape index (κ1) is 10.3. The molecule has 1 rings (SSSR count). The fourth-order valence-electron chi connectivity index (χ4n) is 1.79. The number of aliphatic hydroxyl groups is 1. The van der Waals surface area contributed by atoms with Gasteiger partial charge < -0.3 is 5.11 Å². The molecular weight excluding hydrogens is 160 g/mol. The van der Waals surface area contributed by atoms with Crippen molar-refractivity contribution < 1.29 is 5.11 Å². The van der Waals surface area contributed by atoms with Crippen molar-refractivity contribution in [2.24, 2.45) is 5.92 Å². The first-order valence-electron chi connectivity index (χ1n) is 4.71. The molecule has 0 radical (unpaired) electrons. The Morgan fingerprint density at radius 3 is 2.69 bits per heavy atom. The van der Waals surface area contributed by atoms with Crippen LogP contribution in [0.25, 0.3) is 0 Å². The summed E-state index contributed by atoms with van der Waals surface area (Å²) in [6, 6.07) is 0. The molecule has 0 aromatic heterocycles. The molecule has 0 bridgehead atoms. The van der Waals surface area contributed by atoms with E-state index in [1.807, 2.05) is 19.9 Å². The molecule has 1 nitrogen and oxygen atoms in total. The van der Waals surface area contributed by atoms with Crippen molar-refractivity contribution >= 4 is 0 Å². The third kappa shape index (κ3) is 2.10. The summed E-state index contributed by atoms with van der Waals surface area (Å²) in [6.07, 6.45) is 3.36. The fourth-order valence-corrected chi connectivity index (χ4v) is 1.79. The van der Waals surface area contributed by atoms with Crippen LogP contribution < -0.4 is 0 Å².